The van der Waals surface area contributed by atoms with Gasteiger partial charge in [0.15, 0.2) is 0 Å². The molecule has 3 heterocycles. The number of imidazole rings is 1. The molecule has 36 heavy (non-hydrogen) atoms. The molecule has 1 aromatic heterocycles. The molecular weight excluding hydrogens is 448 g/mol. The van der Waals surface area contributed by atoms with Gasteiger partial charge in [0.05, 0.1) is 11.0 Å². The summed E-state index contributed by atoms with van der Waals surface area (Å²) in [5.41, 5.74) is 5.29. The number of rotatable bonds is 6. The van der Waals surface area contributed by atoms with Crippen molar-refractivity contribution in [3.8, 4) is 0 Å². The minimum absolute atomic E-state index is 0.0258. The van der Waals surface area contributed by atoms with Crippen LogP contribution in [0.5, 0.6) is 0 Å². The lowest BCUT2D eigenvalue weighted by Gasteiger charge is -2.30. The van der Waals surface area contributed by atoms with Crippen LogP contribution in [0, 0.1) is 0 Å². The first kappa shape index (κ1) is 22.5. The zero-order valence-corrected chi connectivity index (χ0v) is 20.3. The van der Waals surface area contributed by atoms with Crippen molar-refractivity contribution >= 4 is 28.5 Å². The summed E-state index contributed by atoms with van der Waals surface area (Å²) in [5.74, 6) is 1.04. The van der Waals surface area contributed by atoms with Crippen LogP contribution < -0.4 is 4.90 Å². The number of likely N-dealkylation sites (tertiary alicyclic amines) is 1. The van der Waals surface area contributed by atoms with E-state index in [4.69, 9.17) is 4.98 Å². The average molecular weight is 479 g/mol. The molecule has 0 spiro atoms. The zero-order valence-electron chi connectivity index (χ0n) is 20.3. The number of carbonyl (C=O) groups excluding carboxylic acids is 2. The van der Waals surface area contributed by atoms with E-state index in [0.717, 1.165) is 48.4 Å². The minimum Gasteiger partial charge on any atom is -0.342 e. The molecule has 6 rings (SSSR count). The van der Waals surface area contributed by atoms with Crippen LogP contribution in [0.25, 0.3) is 11.0 Å². The summed E-state index contributed by atoms with van der Waals surface area (Å²) >= 11 is 0. The normalized spacial score (nSPS) is 17.6. The molecule has 0 saturated carbocycles. The Morgan fingerprint density at radius 2 is 1.72 bits per heavy atom. The zero-order chi connectivity index (χ0) is 24.5. The van der Waals surface area contributed by atoms with Crippen molar-refractivity contribution in [2.24, 2.45) is 0 Å². The fraction of sp³-hybridized carbons (Fsp3) is 0.300. The van der Waals surface area contributed by atoms with Crippen molar-refractivity contribution in [1.82, 2.24) is 14.5 Å². The standard InChI is InChI=1S/C30H30N4O2/c35-28-19-24(20-32(28)18-16-22-9-2-1-3-10-22)30-31-25-13-5-7-15-27(25)34(30)21-29(36)33-17-8-12-23-11-4-6-14-26(23)33/h1-7,9-11,13-15,24H,8,12,16-21H2/t24-/m1/s1. The van der Waals surface area contributed by atoms with E-state index in [1.807, 2.05) is 75.0 Å². The van der Waals surface area contributed by atoms with Gasteiger partial charge in [-0.25, -0.2) is 4.98 Å². The van der Waals surface area contributed by atoms with Gasteiger partial charge >= 0.3 is 0 Å². The Labute approximate surface area is 211 Å². The van der Waals surface area contributed by atoms with Gasteiger partial charge < -0.3 is 14.4 Å². The van der Waals surface area contributed by atoms with Gasteiger partial charge in [0.25, 0.3) is 0 Å². The summed E-state index contributed by atoms with van der Waals surface area (Å²) in [6.07, 6.45) is 3.23. The third-order valence-electron chi connectivity index (χ3n) is 7.48. The van der Waals surface area contributed by atoms with Gasteiger partial charge in [0.2, 0.25) is 11.8 Å². The number of carbonyl (C=O) groups is 2. The van der Waals surface area contributed by atoms with Gasteiger partial charge in [-0.05, 0) is 48.6 Å². The summed E-state index contributed by atoms with van der Waals surface area (Å²) in [6.45, 7) is 2.28. The fourth-order valence-corrected chi connectivity index (χ4v) is 5.66. The smallest absolute Gasteiger partial charge is 0.246 e. The molecule has 2 aliphatic rings. The summed E-state index contributed by atoms with van der Waals surface area (Å²) < 4.78 is 2.05. The number of para-hydroxylation sites is 3. The second kappa shape index (κ2) is 9.61. The predicted octanol–water partition coefficient (Wildman–Crippen LogP) is 4.57. The molecule has 0 N–H and O–H groups in total. The molecule has 0 bridgehead atoms. The lowest BCUT2D eigenvalue weighted by Crippen LogP contribution is -2.38. The van der Waals surface area contributed by atoms with Crippen LogP contribution in [-0.2, 0) is 29.0 Å². The molecule has 3 aromatic carbocycles. The van der Waals surface area contributed by atoms with Crippen LogP contribution in [-0.4, -0.2) is 45.9 Å². The molecule has 0 radical (unpaired) electrons. The number of hydrogen-bond acceptors (Lipinski definition) is 3. The summed E-state index contributed by atoms with van der Waals surface area (Å²) in [5, 5.41) is 0. The number of fused-ring (bicyclic) bond motifs is 2. The molecular formula is C30H30N4O2. The average Bonchev–Trinajstić information content (AvgIpc) is 3.47. The Morgan fingerprint density at radius 1 is 0.944 bits per heavy atom. The van der Waals surface area contributed by atoms with Gasteiger partial charge in [0.1, 0.15) is 12.4 Å². The lowest BCUT2D eigenvalue weighted by molar-refractivity contribution is -0.127. The quantitative estimate of drug-likeness (QED) is 0.408. The maximum Gasteiger partial charge on any atom is 0.246 e. The van der Waals surface area contributed by atoms with Crippen LogP contribution in [0.2, 0.25) is 0 Å². The second-order valence-corrected chi connectivity index (χ2v) is 9.80. The first-order chi connectivity index (χ1) is 17.7. The van der Waals surface area contributed by atoms with Crippen molar-refractivity contribution in [3.05, 3.63) is 95.8 Å². The highest BCUT2D eigenvalue weighted by molar-refractivity contribution is 5.95. The molecule has 6 nitrogen and oxygen atoms in total. The van der Waals surface area contributed by atoms with Gasteiger partial charge in [-0.2, -0.15) is 0 Å². The molecule has 2 aliphatic heterocycles. The number of anilines is 1. The van der Waals surface area contributed by atoms with Crippen LogP contribution in [0.1, 0.15) is 35.7 Å². The second-order valence-electron chi connectivity index (χ2n) is 9.80. The van der Waals surface area contributed by atoms with E-state index in [0.29, 0.717) is 19.5 Å². The van der Waals surface area contributed by atoms with Crippen molar-refractivity contribution in [2.75, 3.05) is 24.5 Å². The molecule has 1 atom stereocenters. The number of hydrogen-bond donors (Lipinski definition) is 0. The minimum atomic E-state index is -0.0258. The largest absolute Gasteiger partial charge is 0.342 e. The predicted molar refractivity (Wildman–Crippen MR) is 141 cm³/mol. The fourth-order valence-electron chi connectivity index (χ4n) is 5.66. The first-order valence-corrected chi connectivity index (χ1v) is 12.8. The van der Waals surface area contributed by atoms with E-state index in [2.05, 4.69) is 18.2 Å². The summed E-state index contributed by atoms with van der Waals surface area (Å²) in [7, 11) is 0. The monoisotopic (exact) mass is 478 g/mol. The summed E-state index contributed by atoms with van der Waals surface area (Å²) in [6, 6.07) is 26.4. The molecule has 0 unspecified atom stereocenters. The van der Waals surface area contributed by atoms with Gasteiger partial charge in [-0.1, -0.05) is 60.7 Å². The van der Waals surface area contributed by atoms with E-state index in [9.17, 15) is 9.59 Å². The number of nitrogens with zero attached hydrogens (tertiary/aromatic N) is 4. The Kier molecular flexibility index (Phi) is 6.01. The van der Waals surface area contributed by atoms with Crippen molar-refractivity contribution < 1.29 is 9.59 Å². The Morgan fingerprint density at radius 3 is 2.61 bits per heavy atom. The highest BCUT2D eigenvalue weighted by Gasteiger charge is 2.34. The number of amides is 2. The molecule has 0 aliphatic carbocycles. The van der Waals surface area contributed by atoms with E-state index < -0.39 is 0 Å². The van der Waals surface area contributed by atoms with Gasteiger partial charge in [0, 0.05) is 37.7 Å². The maximum absolute atomic E-state index is 13.6. The Bertz CT molecular complexity index is 1410. The molecule has 182 valence electrons. The first-order valence-electron chi connectivity index (χ1n) is 12.8. The lowest BCUT2D eigenvalue weighted by atomic mass is 10.0. The van der Waals surface area contributed by atoms with Gasteiger partial charge in [-0.3, -0.25) is 9.59 Å². The highest BCUT2D eigenvalue weighted by atomic mass is 16.2. The van der Waals surface area contributed by atoms with E-state index >= 15 is 0 Å². The van der Waals surface area contributed by atoms with E-state index in [-0.39, 0.29) is 24.3 Å². The number of aromatic nitrogens is 2. The summed E-state index contributed by atoms with van der Waals surface area (Å²) in [4.78, 5) is 35.4. The van der Waals surface area contributed by atoms with Crippen LogP contribution in [0.15, 0.2) is 78.9 Å². The topological polar surface area (TPSA) is 58.4 Å². The Hall–Kier alpha value is -3.93. The SMILES string of the molecule is O=C1C[C@@H](c2nc3ccccc3n2CC(=O)N2CCCc3ccccc32)CN1CCc1ccccc1. The number of benzene rings is 3. The molecule has 1 saturated heterocycles. The van der Waals surface area contributed by atoms with Crippen LogP contribution in [0.3, 0.4) is 0 Å². The van der Waals surface area contributed by atoms with Crippen molar-refractivity contribution in [1.29, 1.82) is 0 Å². The van der Waals surface area contributed by atoms with Crippen LogP contribution in [0.4, 0.5) is 5.69 Å². The van der Waals surface area contributed by atoms with Crippen molar-refractivity contribution in [3.63, 3.8) is 0 Å². The maximum atomic E-state index is 13.6. The molecule has 2 amide bonds. The van der Waals surface area contributed by atoms with E-state index in [1.165, 1.54) is 11.1 Å². The van der Waals surface area contributed by atoms with Gasteiger partial charge in [-0.15, -0.1) is 0 Å². The van der Waals surface area contributed by atoms with Crippen LogP contribution >= 0.6 is 0 Å². The van der Waals surface area contributed by atoms with Crippen molar-refractivity contribution in [2.45, 2.75) is 38.1 Å². The Balaban J connectivity index is 1.26. The molecule has 6 heteroatoms. The third kappa shape index (κ3) is 4.28. The highest BCUT2D eigenvalue weighted by Crippen LogP contribution is 2.32. The molecule has 4 aromatic rings. The van der Waals surface area contributed by atoms with E-state index in [1.54, 1.807) is 0 Å². The third-order valence-corrected chi connectivity index (χ3v) is 7.48. The number of aryl methyl sites for hydroxylation is 1. The molecule has 1 fully saturated rings.